The van der Waals surface area contributed by atoms with Crippen LogP contribution in [0.1, 0.15) is 31.0 Å². The van der Waals surface area contributed by atoms with Gasteiger partial charge in [0.2, 0.25) is 0 Å². The van der Waals surface area contributed by atoms with E-state index in [2.05, 4.69) is 21.9 Å². The molecule has 8 nitrogen and oxygen atoms in total. The molecule has 0 spiro atoms. The van der Waals surface area contributed by atoms with E-state index in [4.69, 9.17) is 15.6 Å². The second-order valence-electron chi connectivity index (χ2n) is 6.54. The van der Waals surface area contributed by atoms with E-state index >= 15 is 0 Å². The number of hydrazine groups is 1. The Morgan fingerprint density at radius 3 is 2.59 bits per heavy atom. The number of nitrogens with two attached hydrogens (primary N) is 1. The first-order valence-electron chi connectivity index (χ1n) is 8.58. The molecule has 140 valence electrons. The van der Waals surface area contributed by atoms with Crippen LogP contribution in [-0.2, 0) is 4.79 Å². The number of carbonyl (C=O) groups is 1. The van der Waals surface area contributed by atoms with E-state index < -0.39 is 12.6 Å². The number of aliphatic carboxylic acids is 1. The Morgan fingerprint density at radius 1 is 1.30 bits per heavy atom. The molecule has 1 fully saturated rings. The number of carboxylic acid groups (broad SMARTS) is 1. The van der Waals surface area contributed by atoms with Crippen LogP contribution in [0.5, 0.6) is 5.75 Å². The van der Waals surface area contributed by atoms with Gasteiger partial charge < -0.3 is 15.6 Å². The maximum atomic E-state index is 10.9. The van der Waals surface area contributed by atoms with Crippen LogP contribution in [0.25, 0.3) is 11.1 Å². The predicted molar refractivity (Wildman–Crippen MR) is 99.9 cm³/mol. The predicted octanol–water partition coefficient (Wildman–Crippen LogP) is 1.63. The van der Waals surface area contributed by atoms with Gasteiger partial charge >= 0.3 is 5.97 Å². The number of carboxylic acids is 1. The summed E-state index contributed by atoms with van der Waals surface area (Å²) in [5, 5.41) is 18.5. The van der Waals surface area contributed by atoms with Gasteiger partial charge in [0, 0.05) is 34.8 Å². The highest BCUT2D eigenvalue weighted by Gasteiger charge is 2.33. The summed E-state index contributed by atoms with van der Waals surface area (Å²) in [6.45, 7) is 3.61. The molecule has 0 bridgehead atoms. The minimum atomic E-state index is -1.08. The molecule has 2 heterocycles. The van der Waals surface area contributed by atoms with Crippen molar-refractivity contribution in [2.75, 3.05) is 12.3 Å². The van der Waals surface area contributed by atoms with Crippen LogP contribution in [0.15, 0.2) is 30.3 Å². The number of nitrogens with zero attached hydrogens (tertiary/aromatic N) is 2. The molecule has 1 aromatic heterocycles. The number of hydrogen-bond acceptors (Lipinski definition) is 7. The zero-order chi connectivity index (χ0) is 19.6. The van der Waals surface area contributed by atoms with Crippen molar-refractivity contribution in [3.8, 4) is 22.9 Å². The summed E-state index contributed by atoms with van der Waals surface area (Å²) in [5.74, 6) is -0.502. The second kappa shape index (κ2) is 7.61. The minimum Gasteiger partial charge on any atom is -0.481 e. The molecule has 0 saturated carbocycles. The number of para-hydroxylation sites is 1. The highest BCUT2D eigenvalue weighted by Crippen LogP contribution is 2.37. The van der Waals surface area contributed by atoms with Crippen molar-refractivity contribution in [2.45, 2.75) is 31.8 Å². The molecule has 8 heteroatoms. The van der Waals surface area contributed by atoms with Crippen LogP contribution >= 0.6 is 0 Å². The summed E-state index contributed by atoms with van der Waals surface area (Å²) in [6.07, 6.45) is 0. The topological polar surface area (TPSA) is 133 Å². The molecule has 3 rings (SSSR count). The lowest BCUT2D eigenvalue weighted by molar-refractivity contribution is -0.139. The lowest BCUT2D eigenvalue weighted by atomic mass is 9.89. The summed E-state index contributed by atoms with van der Waals surface area (Å²) >= 11 is 0. The number of pyridine rings is 1. The molecule has 0 aliphatic carbocycles. The third kappa shape index (κ3) is 3.69. The largest absolute Gasteiger partial charge is 0.481 e. The number of nitriles is 1. The van der Waals surface area contributed by atoms with Crippen molar-refractivity contribution < 1.29 is 14.6 Å². The van der Waals surface area contributed by atoms with Crippen LogP contribution in [0.3, 0.4) is 0 Å². The monoisotopic (exact) mass is 367 g/mol. The molecule has 27 heavy (non-hydrogen) atoms. The molecular formula is C19H21N5O3. The Kier molecular flexibility index (Phi) is 5.26. The number of benzene rings is 1. The van der Waals surface area contributed by atoms with Gasteiger partial charge in [-0.05, 0) is 26.0 Å². The van der Waals surface area contributed by atoms with Crippen LogP contribution in [0, 0.1) is 11.3 Å². The van der Waals surface area contributed by atoms with Crippen LogP contribution in [0.2, 0.25) is 0 Å². The maximum absolute atomic E-state index is 10.9. The molecule has 2 unspecified atom stereocenters. The molecule has 5 N–H and O–H groups in total. The van der Waals surface area contributed by atoms with E-state index in [9.17, 15) is 10.1 Å². The lowest BCUT2D eigenvalue weighted by Gasteiger charge is -2.20. The second-order valence-corrected chi connectivity index (χ2v) is 6.54. The standard InChI is InChI=1S/C19H21N5O3/c1-10-18(11(2)24-23-10)15-7-13(14(8-20)19(21)22-15)12-5-3-4-6-16(12)27-9-17(25)26/h3-7,10-11,18,23-24H,9H2,1-2H3,(H2,21,22)(H,25,26). The summed E-state index contributed by atoms with van der Waals surface area (Å²) in [4.78, 5) is 15.3. The van der Waals surface area contributed by atoms with Gasteiger partial charge in [0.25, 0.3) is 0 Å². The van der Waals surface area contributed by atoms with Gasteiger partial charge in [-0.2, -0.15) is 5.26 Å². The van der Waals surface area contributed by atoms with E-state index in [1.807, 2.05) is 19.9 Å². The highest BCUT2D eigenvalue weighted by atomic mass is 16.5. The van der Waals surface area contributed by atoms with Crippen molar-refractivity contribution in [1.82, 2.24) is 15.8 Å². The summed E-state index contributed by atoms with van der Waals surface area (Å²) in [6, 6.07) is 11.2. The lowest BCUT2D eigenvalue weighted by Crippen LogP contribution is -2.30. The molecule has 1 aliphatic heterocycles. The molecule has 1 aromatic carbocycles. The van der Waals surface area contributed by atoms with E-state index in [0.717, 1.165) is 5.69 Å². The first-order chi connectivity index (χ1) is 12.9. The Balaban J connectivity index is 2.13. The van der Waals surface area contributed by atoms with E-state index in [1.54, 1.807) is 24.3 Å². The minimum absolute atomic E-state index is 0.0610. The average molecular weight is 367 g/mol. The molecular weight excluding hydrogens is 346 g/mol. The van der Waals surface area contributed by atoms with E-state index in [0.29, 0.717) is 16.9 Å². The van der Waals surface area contributed by atoms with Gasteiger partial charge in [-0.3, -0.25) is 10.9 Å². The van der Waals surface area contributed by atoms with Crippen molar-refractivity contribution in [3.05, 3.63) is 41.6 Å². The Bertz CT molecular complexity index is 899. The molecule has 1 aliphatic rings. The molecule has 2 atom stereocenters. The van der Waals surface area contributed by atoms with Gasteiger partial charge in [-0.25, -0.2) is 9.78 Å². The molecule has 0 amide bonds. The Labute approximate surface area is 156 Å². The third-order valence-corrected chi connectivity index (χ3v) is 4.66. The number of rotatable bonds is 5. The Morgan fingerprint density at radius 2 is 1.96 bits per heavy atom. The quantitative estimate of drug-likeness (QED) is 0.627. The van der Waals surface area contributed by atoms with Gasteiger partial charge in [0.15, 0.2) is 6.61 Å². The SMILES string of the molecule is CC1NNC(C)C1c1cc(-c2ccccc2OCC(=O)O)c(C#N)c(N)n1. The number of nitrogens with one attached hydrogen (secondary N) is 2. The summed E-state index contributed by atoms with van der Waals surface area (Å²) < 4.78 is 5.41. The highest BCUT2D eigenvalue weighted by molar-refractivity contribution is 5.80. The van der Waals surface area contributed by atoms with Crippen molar-refractivity contribution in [3.63, 3.8) is 0 Å². The van der Waals surface area contributed by atoms with E-state index in [1.165, 1.54) is 0 Å². The fourth-order valence-corrected chi connectivity index (χ4v) is 3.43. The normalized spacial score (nSPS) is 21.6. The molecule has 1 saturated heterocycles. The fourth-order valence-electron chi connectivity index (χ4n) is 3.43. The first-order valence-corrected chi connectivity index (χ1v) is 8.58. The number of anilines is 1. The summed E-state index contributed by atoms with van der Waals surface area (Å²) in [5.41, 5.74) is 14.6. The zero-order valence-corrected chi connectivity index (χ0v) is 15.1. The van der Waals surface area contributed by atoms with Gasteiger partial charge in [0.05, 0.1) is 0 Å². The van der Waals surface area contributed by atoms with Crippen molar-refractivity contribution in [1.29, 1.82) is 5.26 Å². The number of nitrogen functional groups attached to an aromatic ring is 1. The van der Waals surface area contributed by atoms with Crippen LogP contribution in [-0.4, -0.2) is 34.8 Å². The van der Waals surface area contributed by atoms with Crippen molar-refractivity contribution >= 4 is 11.8 Å². The maximum Gasteiger partial charge on any atom is 0.341 e. The first kappa shape index (κ1) is 18.6. The van der Waals surface area contributed by atoms with Gasteiger partial charge in [0.1, 0.15) is 23.2 Å². The number of ether oxygens (including phenoxy) is 1. The van der Waals surface area contributed by atoms with Gasteiger partial charge in [-0.15, -0.1) is 0 Å². The fraction of sp³-hybridized carbons (Fsp3) is 0.316. The van der Waals surface area contributed by atoms with Crippen molar-refractivity contribution in [2.24, 2.45) is 0 Å². The number of hydrogen-bond donors (Lipinski definition) is 4. The Hall–Kier alpha value is -3.15. The molecule has 0 radical (unpaired) electrons. The third-order valence-electron chi connectivity index (χ3n) is 4.66. The smallest absolute Gasteiger partial charge is 0.341 e. The molecule has 2 aromatic rings. The number of aromatic nitrogens is 1. The van der Waals surface area contributed by atoms with Crippen LogP contribution in [0.4, 0.5) is 5.82 Å². The average Bonchev–Trinajstić information content (AvgIpc) is 2.98. The zero-order valence-electron chi connectivity index (χ0n) is 15.1. The van der Waals surface area contributed by atoms with Gasteiger partial charge in [-0.1, -0.05) is 18.2 Å². The van der Waals surface area contributed by atoms with Crippen LogP contribution < -0.4 is 21.3 Å². The summed E-state index contributed by atoms with van der Waals surface area (Å²) in [7, 11) is 0. The van der Waals surface area contributed by atoms with E-state index in [-0.39, 0.29) is 29.4 Å².